The number of hydrogen-bond acceptors (Lipinski definition) is 4. The van der Waals surface area contributed by atoms with Crippen molar-refractivity contribution < 1.29 is 4.79 Å². The number of nitrogens with one attached hydrogen (secondary N) is 3. The van der Waals surface area contributed by atoms with Gasteiger partial charge in [-0.05, 0) is 49.4 Å². The Morgan fingerprint density at radius 1 is 1.27 bits per heavy atom. The number of amides is 1. The van der Waals surface area contributed by atoms with Gasteiger partial charge in [0.15, 0.2) is 6.19 Å². The first kappa shape index (κ1) is 21.4. The van der Waals surface area contributed by atoms with Crippen LogP contribution in [0.2, 0.25) is 0 Å². The van der Waals surface area contributed by atoms with Crippen LogP contribution in [0.3, 0.4) is 0 Å². The minimum atomic E-state index is 0.113. The molecule has 1 aliphatic heterocycles. The summed E-state index contributed by atoms with van der Waals surface area (Å²) in [5.74, 6) is 1.18. The number of hydrogen-bond donors (Lipinski definition) is 3. The highest BCUT2D eigenvalue weighted by Crippen LogP contribution is 2.23. The van der Waals surface area contributed by atoms with Gasteiger partial charge in [0.1, 0.15) is 5.69 Å². The molecule has 1 saturated heterocycles. The van der Waals surface area contributed by atoms with Crippen molar-refractivity contribution in [2.45, 2.75) is 38.5 Å². The standard InChI is InChI=1S/C22H29N7O/c23-17-27-22(28-19-8-13-24-14-9-19)26-11-4-2-1-3-6-18-10-15-29(16-18)21(30)20-7-5-12-25-20/h5,7-9,12-14,18,25H,1-4,6,10-11,15-16H2,(H2,24,26,27,28). The van der Waals surface area contributed by atoms with Crippen molar-refractivity contribution >= 4 is 17.6 Å². The number of likely N-dealkylation sites (tertiary alicyclic amines) is 1. The summed E-state index contributed by atoms with van der Waals surface area (Å²) in [6.45, 7) is 2.40. The monoisotopic (exact) mass is 407 g/mol. The van der Waals surface area contributed by atoms with Crippen LogP contribution in [0.4, 0.5) is 5.69 Å². The van der Waals surface area contributed by atoms with Gasteiger partial charge in [0.2, 0.25) is 5.96 Å². The molecule has 8 heteroatoms. The van der Waals surface area contributed by atoms with Crippen molar-refractivity contribution in [3.05, 3.63) is 48.5 Å². The molecule has 0 bridgehead atoms. The van der Waals surface area contributed by atoms with Crippen LogP contribution in [0.25, 0.3) is 0 Å². The van der Waals surface area contributed by atoms with E-state index >= 15 is 0 Å². The van der Waals surface area contributed by atoms with Crippen LogP contribution in [0.5, 0.6) is 0 Å². The third kappa shape index (κ3) is 6.62. The number of nitrogens with zero attached hydrogens (tertiary/aromatic N) is 4. The number of nitriles is 1. The molecule has 1 unspecified atom stereocenters. The van der Waals surface area contributed by atoms with Gasteiger partial charge in [-0.1, -0.05) is 19.3 Å². The highest BCUT2D eigenvalue weighted by molar-refractivity contribution is 5.94. The topological polar surface area (TPSA) is 109 Å². The van der Waals surface area contributed by atoms with Gasteiger partial charge in [0.25, 0.3) is 5.91 Å². The molecule has 0 aliphatic carbocycles. The van der Waals surface area contributed by atoms with E-state index in [-0.39, 0.29) is 5.91 Å². The average molecular weight is 408 g/mol. The molecule has 0 spiro atoms. The van der Waals surface area contributed by atoms with Crippen LogP contribution in [0, 0.1) is 17.4 Å². The van der Waals surface area contributed by atoms with Crippen molar-refractivity contribution in [3.8, 4) is 6.19 Å². The number of aromatic amines is 1. The normalized spacial score (nSPS) is 16.3. The number of anilines is 1. The molecule has 8 nitrogen and oxygen atoms in total. The Morgan fingerprint density at radius 3 is 2.87 bits per heavy atom. The molecular weight excluding hydrogens is 378 g/mol. The van der Waals surface area contributed by atoms with Crippen molar-refractivity contribution in [1.82, 2.24) is 20.2 Å². The number of guanidine groups is 1. The van der Waals surface area contributed by atoms with E-state index in [0.717, 1.165) is 44.5 Å². The van der Waals surface area contributed by atoms with Gasteiger partial charge >= 0.3 is 0 Å². The Bertz CT molecular complexity index is 842. The van der Waals surface area contributed by atoms with Crippen LogP contribution in [-0.4, -0.2) is 46.4 Å². The minimum absolute atomic E-state index is 0.113. The first-order chi connectivity index (χ1) is 14.8. The molecule has 3 N–H and O–H groups in total. The lowest BCUT2D eigenvalue weighted by molar-refractivity contribution is 0.0781. The number of rotatable bonds is 9. The molecular formula is C22H29N7O. The molecule has 0 saturated carbocycles. The Hall–Kier alpha value is -3.34. The van der Waals surface area contributed by atoms with Gasteiger partial charge in [0, 0.05) is 43.9 Å². The second kappa shape index (κ2) is 11.6. The highest BCUT2D eigenvalue weighted by Gasteiger charge is 2.26. The van der Waals surface area contributed by atoms with E-state index in [0.29, 0.717) is 24.1 Å². The Labute approximate surface area is 177 Å². The van der Waals surface area contributed by atoms with Crippen LogP contribution >= 0.6 is 0 Å². The molecule has 1 aliphatic rings. The second-order valence-electron chi connectivity index (χ2n) is 7.52. The molecule has 1 amide bonds. The summed E-state index contributed by atoms with van der Waals surface area (Å²) < 4.78 is 0. The molecule has 0 radical (unpaired) electrons. The van der Waals surface area contributed by atoms with Crippen LogP contribution in [-0.2, 0) is 0 Å². The number of pyridine rings is 1. The number of H-pyrrole nitrogens is 1. The van der Waals surface area contributed by atoms with E-state index in [1.807, 2.05) is 35.4 Å². The number of aliphatic imine (C=N–C) groups is 1. The second-order valence-corrected chi connectivity index (χ2v) is 7.52. The van der Waals surface area contributed by atoms with Gasteiger partial charge in [0.05, 0.1) is 0 Å². The van der Waals surface area contributed by atoms with Gasteiger partial charge in [-0.2, -0.15) is 5.26 Å². The SMILES string of the molecule is N#CNC(=NCCCCCCC1CCN(C(=O)c2ccc[nH]2)C1)Nc1ccncc1. The average Bonchev–Trinajstić information content (AvgIpc) is 3.46. The predicted octanol–water partition coefficient (Wildman–Crippen LogP) is 3.36. The fourth-order valence-corrected chi connectivity index (χ4v) is 3.71. The fraction of sp³-hybridized carbons (Fsp3) is 0.455. The molecule has 158 valence electrons. The predicted molar refractivity (Wildman–Crippen MR) is 117 cm³/mol. The smallest absolute Gasteiger partial charge is 0.270 e. The third-order valence-electron chi connectivity index (χ3n) is 5.31. The molecule has 3 heterocycles. The summed E-state index contributed by atoms with van der Waals surface area (Å²) in [5, 5.41) is 14.5. The minimum Gasteiger partial charge on any atom is -0.357 e. The zero-order valence-electron chi connectivity index (χ0n) is 17.2. The summed E-state index contributed by atoms with van der Waals surface area (Å²) in [7, 11) is 0. The zero-order chi connectivity index (χ0) is 21.0. The molecule has 30 heavy (non-hydrogen) atoms. The molecule has 1 atom stereocenters. The Morgan fingerprint density at radius 2 is 2.10 bits per heavy atom. The van der Waals surface area contributed by atoms with Crippen molar-refractivity contribution in [2.24, 2.45) is 10.9 Å². The lowest BCUT2D eigenvalue weighted by Crippen LogP contribution is -2.28. The van der Waals surface area contributed by atoms with E-state index in [2.05, 4.69) is 25.6 Å². The summed E-state index contributed by atoms with van der Waals surface area (Å²) >= 11 is 0. The Balaban J connectivity index is 1.28. The molecule has 3 rings (SSSR count). The molecule has 2 aromatic rings. The fourth-order valence-electron chi connectivity index (χ4n) is 3.71. The quantitative estimate of drug-likeness (QED) is 0.194. The Kier molecular flexibility index (Phi) is 8.27. The number of carbonyl (C=O) groups is 1. The summed E-state index contributed by atoms with van der Waals surface area (Å²) in [5.41, 5.74) is 1.52. The van der Waals surface area contributed by atoms with Crippen molar-refractivity contribution in [1.29, 1.82) is 5.26 Å². The lowest BCUT2D eigenvalue weighted by atomic mass is 10.00. The number of unbranched alkanes of at least 4 members (excludes halogenated alkanes) is 3. The van der Waals surface area contributed by atoms with E-state index in [9.17, 15) is 4.79 Å². The van der Waals surface area contributed by atoms with Crippen LogP contribution in [0.1, 0.15) is 49.0 Å². The first-order valence-corrected chi connectivity index (χ1v) is 10.6. The van der Waals surface area contributed by atoms with Gasteiger partial charge in [-0.3, -0.25) is 20.1 Å². The van der Waals surface area contributed by atoms with Gasteiger partial charge in [-0.15, -0.1) is 0 Å². The molecule has 1 fully saturated rings. The largest absolute Gasteiger partial charge is 0.357 e. The van der Waals surface area contributed by atoms with E-state index in [1.54, 1.807) is 18.6 Å². The summed E-state index contributed by atoms with van der Waals surface area (Å²) in [4.78, 5) is 25.7. The number of aromatic nitrogens is 2. The van der Waals surface area contributed by atoms with E-state index < -0.39 is 0 Å². The first-order valence-electron chi connectivity index (χ1n) is 10.6. The van der Waals surface area contributed by atoms with Crippen molar-refractivity contribution in [3.63, 3.8) is 0 Å². The maximum Gasteiger partial charge on any atom is 0.270 e. The number of carbonyl (C=O) groups excluding carboxylic acids is 1. The van der Waals surface area contributed by atoms with Crippen LogP contribution < -0.4 is 10.6 Å². The van der Waals surface area contributed by atoms with Gasteiger partial charge in [-0.25, -0.2) is 0 Å². The van der Waals surface area contributed by atoms with E-state index in [1.165, 1.54) is 12.8 Å². The lowest BCUT2D eigenvalue weighted by Gasteiger charge is -2.15. The molecule has 0 aromatic carbocycles. The van der Waals surface area contributed by atoms with Crippen LogP contribution in [0.15, 0.2) is 47.8 Å². The third-order valence-corrected chi connectivity index (χ3v) is 5.31. The summed E-state index contributed by atoms with van der Waals surface area (Å²) in [6, 6.07) is 7.34. The zero-order valence-corrected chi connectivity index (χ0v) is 17.2. The van der Waals surface area contributed by atoms with Gasteiger partial charge < -0.3 is 15.2 Å². The molecule has 2 aromatic heterocycles. The maximum absolute atomic E-state index is 12.4. The summed E-state index contributed by atoms with van der Waals surface area (Å²) in [6.07, 6.45) is 13.8. The maximum atomic E-state index is 12.4. The highest BCUT2D eigenvalue weighted by atomic mass is 16.2. The van der Waals surface area contributed by atoms with Crippen molar-refractivity contribution in [2.75, 3.05) is 25.0 Å². The van der Waals surface area contributed by atoms with E-state index in [4.69, 9.17) is 5.26 Å².